The summed E-state index contributed by atoms with van der Waals surface area (Å²) in [6.45, 7) is 3.94. The second-order valence-corrected chi connectivity index (χ2v) is 7.31. The fourth-order valence-corrected chi connectivity index (χ4v) is 4.67. The molecule has 2 bridgehead atoms. The summed E-state index contributed by atoms with van der Waals surface area (Å²) in [7, 11) is 0. The quantitative estimate of drug-likeness (QED) is 0.705. The first kappa shape index (κ1) is 15.0. The minimum Gasteiger partial charge on any atom is -0.385 e. The van der Waals surface area contributed by atoms with Crippen LogP contribution in [-0.4, -0.2) is 36.8 Å². The number of fused-ring (bicyclic) bond motifs is 5. The van der Waals surface area contributed by atoms with Crippen LogP contribution in [0.5, 0.6) is 0 Å². The number of aromatic nitrogens is 4. The van der Waals surface area contributed by atoms with E-state index in [-0.39, 0.29) is 0 Å². The number of nitrogens with one attached hydrogen (secondary N) is 1. The minimum absolute atomic E-state index is 0.474. The molecule has 6 nitrogen and oxygen atoms in total. The van der Waals surface area contributed by atoms with E-state index in [1.807, 2.05) is 6.20 Å². The Hall–Kier alpha value is -2.34. The number of allylic oxidation sites excluding steroid dienone is 1. The maximum absolute atomic E-state index is 10.4. The van der Waals surface area contributed by atoms with Crippen LogP contribution < -0.4 is 5.01 Å². The number of hydrogen-bond donors (Lipinski definition) is 2. The van der Waals surface area contributed by atoms with Gasteiger partial charge >= 0.3 is 0 Å². The third-order valence-electron chi connectivity index (χ3n) is 5.79. The summed E-state index contributed by atoms with van der Waals surface area (Å²) in [4.78, 5) is 12.4. The molecule has 0 spiro atoms. The van der Waals surface area contributed by atoms with Crippen LogP contribution in [0.4, 0.5) is 0 Å². The highest BCUT2D eigenvalue weighted by atomic mass is 16.3. The summed E-state index contributed by atoms with van der Waals surface area (Å²) in [5, 5.41) is 13.9. The van der Waals surface area contributed by atoms with Gasteiger partial charge in [-0.1, -0.05) is 11.6 Å². The molecule has 130 valence electrons. The molecule has 2 aliphatic rings. The standard InChI is InChI=1S/C19H23N5O/c1-3-12-8-13-4-5-14(9-12)23(13)24-17-15-6-7-20-18(15)21-10-16(17)22-19(24)11(2)25/h3,6-7,10-11,13-14,25H,4-5,8-9H2,1-2H3,(H,20,21)/t11-,13?,14?/m1/s1. The first-order valence-electron chi connectivity index (χ1n) is 9.12. The summed E-state index contributed by atoms with van der Waals surface area (Å²) in [6.07, 6.45) is 9.98. The molecular weight excluding hydrogens is 314 g/mol. The number of hydrogen-bond acceptors (Lipinski definition) is 4. The number of H-pyrrole nitrogens is 1. The van der Waals surface area contributed by atoms with Crippen molar-refractivity contribution in [3.8, 4) is 0 Å². The lowest BCUT2D eigenvalue weighted by atomic mass is 9.98. The summed E-state index contributed by atoms with van der Waals surface area (Å²) in [6, 6.07) is 3.00. The van der Waals surface area contributed by atoms with E-state index < -0.39 is 6.10 Å². The Balaban J connectivity index is 1.77. The Morgan fingerprint density at radius 1 is 1.32 bits per heavy atom. The van der Waals surface area contributed by atoms with Crippen molar-refractivity contribution in [1.82, 2.24) is 19.6 Å². The molecule has 0 aliphatic carbocycles. The number of aromatic amines is 1. The Morgan fingerprint density at radius 2 is 2.08 bits per heavy atom. The monoisotopic (exact) mass is 337 g/mol. The van der Waals surface area contributed by atoms with Gasteiger partial charge in [-0.25, -0.2) is 14.6 Å². The lowest BCUT2D eigenvalue weighted by Gasteiger charge is -2.40. The fraction of sp³-hybridized carbons (Fsp3) is 0.474. The van der Waals surface area contributed by atoms with E-state index in [1.165, 1.54) is 12.8 Å². The van der Waals surface area contributed by atoms with Crippen LogP contribution in [0.2, 0.25) is 0 Å². The van der Waals surface area contributed by atoms with Crippen molar-refractivity contribution < 1.29 is 5.11 Å². The lowest BCUT2D eigenvalue weighted by Crippen LogP contribution is -2.49. The van der Waals surface area contributed by atoms with Crippen molar-refractivity contribution in [3.63, 3.8) is 0 Å². The molecule has 2 N–H and O–H groups in total. The maximum Gasteiger partial charge on any atom is 0.157 e. The molecule has 2 fully saturated rings. The smallest absolute Gasteiger partial charge is 0.157 e. The molecule has 5 heterocycles. The molecule has 3 atom stereocenters. The van der Waals surface area contributed by atoms with Crippen LogP contribution >= 0.6 is 0 Å². The van der Waals surface area contributed by atoms with Gasteiger partial charge in [0.05, 0.1) is 6.20 Å². The van der Waals surface area contributed by atoms with E-state index in [4.69, 9.17) is 4.98 Å². The van der Waals surface area contributed by atoms with Crippen LogP contribution in [0.3, 0.4) is 0 Å². The molecular formula is C19H23N5O. The summed E-state index contributed by atoms with van der Waals surface area (Å²) in [5.74, 6) is 0.714. The second kappa shape index (κ2) is 5.33. The Morgan fingerprint density at radius 3 is 2.76 bits per heavy atom. The van der Waals surface area contributed by atoms with E-state index >= 15 is 0 Å². The van der Waals surface area contributed by atoms with E-state index in [9.17, 15) is 5.11 Å². The van der Waals surface area contributed by atoms with Crippen LogP contribution in [-0.2, 0) is 0 Å². The molecule has 5 rings (SSSR count). The Labute approximate surface area is 146 Å². The molecule has 0 amide bonds. The largest absolute Gasteiger partial charge is 0.385 e. The maximum atomic E-state index is 10.4. The number of aliphatic hydroxyl groups is 1. The zero-order valence-electron chi connectivity index (χ0n) is 14.6. The van der Waals surface area contributed by atoms with Crippen molar-refractivity contribution in [2.75, 3.05) is 5.01 Å². The van der Waals surface area contributed by atoms with Crippen molar-refractivity contribution in [2.24, 2.45) is 0 Å². The predicted molar refractivity (Wildman–Crippen MR) is 98.0 cm³/mol. The molecule has 6 heteroatoms. The van der Waals surface area contributed by atoms with Crippen LogP contribution in [0.15, 0.2) is 30.1 Å². The molecule has 0 aromatic carbocycles. The van der Waals surface area contributed by atoms with Gasteiger partial charge in [0.15, 0.2) is 5.82 Å². The van der Waals surface area contributed by atoms with E-state index in [0.717, 1.165) is 34.9 Å². The highest BCUT2D eigenvalue weighted by Gasteiger charge is 2.40. The average molecular weight is 337 g/mol. The minimum atomic E-state index is -0.621. The number of aliphatic hydroxyl groups excluding tert-OH is 1. The highest BCUT2D eigenvalue weighted by Crippen LogP contribution is 2.40. The van der Waals surface area contributed by atoms with Crippen molar-refractivity contribution >= 4 is 22.1 Å². The van der Waals surface area contributed by atoms with Crippen molar-refractivity contribution in [2.45, 2.75) is 57.7 Å². The van der Waals surface area contributed by atoms with Crippen LogP contribution in [0.1, 0.15) is 51.5 Å². The highest BCUT2D eigenvalue weighted by molar-refractivity contribution is 6.01. The van der Waals surface area contributed by atoms with Gasteiger partial charge in [0.1, 0.15) is 22.8 Å². The van der Waals surface area contributed by atoms with Gasteiger partial charge in [0, 0.05) is 23.7 Å². The number of nitrogens with zero attached hydrogens (tertiary/aromatic N) is 4. The van der Waals surface area contributed by atoms with Crippen LogP contribution in [0, 0.1) is 0 Å². The third kappa shape index (κ3) is 2.07. The summed E-state index contributed by atoms with van der Waals surface area (Å²) in [5.41, 5.74) is 4.33. The number of imidazole rings is 1. The Bertz CT molecular complexity index is 966. The zero-order chi connectivity index (χ0) is 17.1. The SMILES string of the molecule is CC=C1CC2CCC(C1)N2n1c([C@@H](C)O)nc2cnc3[nH]ccc3c21. The van der Waals surface area contributed by atoms with E-state index in [0.29, 0.717) is 17.9 Å². The van der Waals surface area contributed by atoms with E-state index in [1.54, 1.807) is 18.7 Å². The van der Waals surface area contributed by atoms with Crippen molar-refractivity contribution in [1.29, 1.82) is 0 Å². The van der Waals surface area contributed by atoms with Crippen LogP contribution in [0.25, 0.3) is 22.1 Å². The number of rotatable bonds is 2. The van der Waals surface area contributed by atoms with Gasteiger partial charge in [-0.3, -0.25) is 0 Å². The Kier molecular flexibility index (Phi) is 3.19. The van der Waals surface area contributed by atoms with Crippen molar-refractivity contribution in [3.05, 3.63) is 35.9 Å². The van der Waals surface area contributed by atoms with Gasteiger partial charge in [-0.2, -0.15) is 0 Å². The second-order valence-electron chi connectivity index (χ2n) is 7.31. The van der Waals surface area contributed by atoms with Gasteiger partial charge in [0.2, 0.25) is 0 Å². The molecule has 0 saturated carbocycles. The molecule has 25 heavy (non-hydrogen) atoms. The first-order chi connectivity index (χ1) is 12.2. The summed E-state index contributed by atoms with van der Waals surface area (Å²) < 4.78 is 2.20. The third-order valence-corrected chi connectivity index (χ3v) is 5.79. The average Bonchev–Trinajstić information content (AvgIpc) is 3.27. The van der Waals surface area contributed by atoms with Gasteiger partial charge in [0.25, 0.3) is 0 Å². The van der Waals surface area contributed by atoms with E-state index in [2.05, 4.69) is 38.7 Å². The summed E-state index contributed by atoms with van der Waals surface area (Å²) >= 11 is 0. The molecule has 2 aliphatic heterocycles. The molecule has 2 saturated heterocycles. The topological polar surface area (TPSA) is 70.0 Å². The lowest BCUT2D eigenvalue weighted by molar-refractivity contribution is 0.182. The number of pyridine rings is 1. The fourth-order valence-electron chi connectivity index (χ4n) is 4.67. The van der Waals surface area contributed by atoms with Gasteiger partial charge in [-0.05, 0) is 45.6 Å². The number of piperidine rings is 1. The molecule has 3 aromatic heterocycles. The molecule has 0 radical (unpaired) electrons. The molecule has 2 unspecified atom stereocenters. The van der Waals surface area contributed by atoms with Gasteiger partial charge < -0.3 is 15.1 Å². The predicted octanol–water partition coefficient (Wildman–Crippen LogP) is 3.18. The van der Waals surface area contributed by atoms with Gasteiger partial charge in [-0.15, -0.1) is 0 Å². The zero-order valence-corrected chi connectivity index (χ0v) is 14.6. The molecule has 3 aromatic rings. The normalized spacial score (nSPS) is 24.4. The first-order valence-corrected chi connectivity index (χ1v) is 9.12.